The summed E-state index contributed by atoms with van der Waals surface area (Å²) < 4.78 is 31.0. The molecule has 0 radical (unpaired) electrons. The van der Waals surface area contributed by atoms with Crippen LogP contribution in [-0.4, -0.2) is 17.5 Å². The summed E-state index contributed by atoms with van der Waals surface area (Å²) in [6, 6.07) is 3.61. The maximum absolute atomic E-state index is 12.5. The predicted molar refractivity (Wildman–Crippen MR) is 55.5 cm³/mol. The van der Waals surface area contributed by atoms with Crippen molar-refractivity contribution in [3.05, 3.63) is 21.9 Å². The molecule has 0 bridgehead atoms. The Kier molecular flexibility index (Phi) is 2.59. The van der Waals surface area contributed by atoms with Gasteiger partial charge in [-0.05, 0) is 34.7 Å². The number of nitrogens with zero attached hydrogens (tertiary/aromatic N) is 1. The van der Waals surface area contributed by atoms with Crippen molar-refractivity contribution in [1.82, 2.24) is 4.98 Å². The number of hydrogen-bond acceptors (Lipinski definition) is 2. The highest BCUT2D eigenvalue weighted by molar-refractivity contribution is 14.1. The summed E-state index contributed by atoms with van der Waals surface area (Å²) in [6.07, 6.45) is 1.53. The molecule has 2 rings (SSSR count). The first-order valence-electron chi connectivity index (χ1n) is 4.21. The number of pyridine rings is 1. The topological polar surface area (TPSA) is 22.1 Å². The first-order valence-corrected chi connectivity index (χ1v) is 5.28. The highest BCUT2D eigenvalue weighted by atomic mass is 127. The van der Waals surface area contributed by atoms with Crippen LogP contribution in [-0.2, 0) is 0 Å². The summed E-state index contributed by atoms with van der Waals surface area (Å²) >= 11 is 2.06. The van der Waals surface area contributed by atoms with E-state index in [1.807, 2.05) is 6.07 Å². The third kappa shape index (κ3) is 2.13. The maximum Gasteiger partial charge on any atom is 0.255 e. The Morgan fingerprint density at radius 3 is 2.93 bits per heavy atom. The monoisotopic (exact) mass is 311 g/mol. The zero-order chi connectivity index (χ0) is 10.2. The van der Waals surface area contributed by atoms with Crippen molar-refractivity contribution in [1.29, 1.82) is 0 Å². The van der Waals surface area contributed by atoms with Crippen LogP contribution >= 0.6 is 22.6 Å². The lowest BCUT2D eigenvalue weighted by molar-refractivity contribution is 0.0848. The minimum absolute atomic E-state index is 0.0556. The first-order chi connectivity index (χ1) is 6.59. The van der Waals surface area contributed by atoms with Gasteiger partial charge >= 0.3 is 0 Å². The van der Waals surface area contributed by atoms with Crippen molar-refractivity contribution in [2.24, 2.45) is 5.92 Å². The Morgan fingerprint density at radius 1 is 1.64 bits per heavy atom. The molecule has 2 nitrogen and oxygen atoms in total. The molecule has 0 N–H and O–H groups in total. The highest BCUT2D eigenvalue weighted by Gasteiger charge is 2.57. The molecule has 1 fully saturated rings. The molecule has 0 aromatic carbocycles. The number of halogens is 3. The van der Waals surface area contributed by atoms with E-state index in [0.717, 1.165) is 3.57 Å². The number of ether oxygens (including phenoxy) is 1. The van der Waals surface area contributed by atoms with Gasteiger partial charge in [0.05, 0.1) is 16.1 Å². The van der Waals surface area contributed by atoms with Crippen molar-refractivity contribution >= 4 is 22.6 Å². The van der Waals surface area contributed by atoms with E-state index >= 15 is 0 Å². The van der Waals surface area contributed by atoms with Gasteiger partial charge in [-0.1, -0.05) is 0 Å². The Morgan fingerprint density at radius 2 is 2.36 bits per heavy atom. The van der Waals surface area contributed by atoms with Crippen LogP contribution in [0.5, 0.6) is 5.88 Å². The molecule has 1 aliphatic carbocycles. The molecule has 1 aromatic rings. The van der Waals surface area contributed by atoms with E-state index in [4.69, 9.17) is 4.74 Å². The van der Waals surface area contributed by atoms with E-state index in [1.165, 1.54) is 0 Å². The summed E-state index contributed by atoms with van der Waals surface area (Å²) in [7, 11) is 0. The van der Waals surface area contributed by atoms with Gasteiger partial charge in [0.2, 0.25) is 5.88 Å². The van der Waals surface area contributed by atoms with Crippen LogP contribution in [0.1, 0.15) is 6.42 Å². The van der Waals surface area contributed by atoms with Crippen LogP contribution < -0.4 is 4.74 Å². The van der Waals surface area contributed by atoms with Gasteiger partial charge in [-0.25, -0.2) is 13.8 Å². The molecule has 0 saturated heterocycles. The number of hydrogen-bond donors (Lipinski definition) is 0. The van der Waals surface area contributed by atoms with Gasteiger partial charge in [-0.3, -0.25) is 0 Å². The molecule has 14 heavy (non-hydrogen) atoms. The fourth-order valence-electron chi connectivity index (χ4n) is 1.11. The molecule has 1 saturated carbocycles. The van der Waals surface area contributed by atoms with Gasteiger partial charge in [0.1, 0.15) is 0 Å². The van der Waals surface area contributed by atoms with Crippen LogP contribution in [0.15, 0.2) is 18.3 Å². The largest absolute Gasteiger partial charge is 0.476 e. The normalized spacial score (nSPS) is 23.2. The van der Waals surface area contributed by atoms with Gasteiger partial charge in [0, 0.05) is 12.6 Å². The lowest BCUT2D eigenvalue weighted by Crippen LogP contribution is -2.07. The molecule has 0 aliphatic heterocycles. The van der Waals surface area contributed by atoms with Crippen LogP contribution in [0.4, 0.5) is 8.78 Å². The van der Waals surface area contributed by atoms with Gasteiger partial charge < -0.3 is 4.74 Å². The second-order valence-corrected chi connectivity index (χ2v) is 4.43. The van der Waals surface area contributed by atoms with Crippen LogP contribution in [0.25, 0.3) is 0 Å². The summed E-state index contributed by atoms with van der Waals surface area (Å²) in [5.74, 6) is -2.70. The minimum atomic E-state index is -2.51. The summed E-state index contributed by atoms with van der Waals surface area (Å²) in [4.78, 5) is 3.95. The number of rotatable bonds is 3. The summed E-state index contributed by atoms with van der Waals surface area (Å²) in [6.45, 7) is 0.0556. The molecule has 5 heteroatoms. The smallest absolute Gasteiger partial charge is 0.255 e. The van der Waals surface area contributed by atoms with Crippen molar-refractivity contribution in [3.8, 4) is 5.88 Å². The van der Waals surface area contributed by atoms with Crippen molar-refractivity contribution in [2.75, 3.05) is 6.61 Å². The number of aromatic nitrogens is 1. The van der Waals surface area contributed by atoms with E-state index in [-0.39, 0.29) is 13.0 Å². The lowest BCUT2D eigenvalue weighted by atomic mass is 10.4. The molecular weight excluding hydrogens is 303 g/mol. The fraction of sp³-hybridized carbons (Fsp3) is 0.444. The molecule has 76 valence electrons. The Balaban J connectivity index is 1.90. The summed E-state index contributed by atoms with van der Waals surface area (Å²) in [5, 5.41) is 0. The Bertz CT molecular complexity index is 345. The zero-order valence-electron chi connectivity index (χ0n) is 7.21. The molecule has 1 aliphatic rings. The van der Waals surface area contributed by atoms with Crippen molar-refractivity contribution < 1.29 is 13.5 Å². The predicted octanol–water partition coefficient (Wildman–Crippen LogP) is 2.72. The Hall–Kier alpha value is -0.460. The molecule has 1 aromatic heterocycles. The second kappa shape index (κ2) is 3.60. The number of alkyl halides is 2. The van der Waals surface area contributed by atoms with Gasteiger partial charge in [-0.15, -0.1) is 0 Å². The van der Waals surface area contributed by atoms with E-state index in [1.54, 1.807) is 12.3 Å². The molecule has 0 amide bonds. The maximum atomic E-state index is 12.5. The molecule has 0 unspecified atom stereocenters. The average molecular weight is 311 g/mol. The average Bonchev–Trinajstić information content (AvgIpc) is 2.73. The lowest BCUT2D eigenvalue weighted by Gasteiger charge is -2.05. The van der Waals surface area contributed by atoms with E-state index < -0.39 is 11.8 Å². The van der Waals surface area contributed by atoms with Gasteiger partial charge in [0.15, 0.2) is 0 Å². The van der Waals surface area contributed by atoms with Gasteiger partial charge in [0.25, 0.3) is 5.92 Å². The standard InChI is InChI=1S/C9H8F2INO/c10-9(11)4-6(9)5-14-8-7(12)2-1-3-13-8/h1-3,6H,4-5H2/t6-/m1/s1. The van der Waals surface area contributed by atoms with Crippen LogP contribution in [0, 0.1) is 9.49 Å². The van der Waals surface area contributed by atoms with Crippen LogP contribution in [0.2, 0.25) is 0 Å². The molecule has 1 heterocycles. The Labute approximate surface area is 93.8 Å². The molecule has 0 spiro atoms. The quantitative estimate of drug-likeness (QED) is 0.801. The first kappa shape index (κ1) is 10.1. The minimum Gasteiger partial charge on any atom is -0.476 e. The molecule has 1 atom stereocenters. The van der Waals surface area contributed by atoms with Crippen molar-refractivity contribution in [2.45, 2.75) is 12.3 Å². The third-order valence-electron chi connectivity index (χ3n) is 2.10. The van der Waals surface area contributed by atoms with Crippen LogP contribution in [0.3, 0.4) is 0 Å². The second-order valence-electron chi connectivity index (χ2n) is 3.26. The summed E-state index contributed by atoms with van der Waals surface area (Å²) in [5.41, 5.74) is 0. The van der Waals surface area contributed by atoms with E-state index in [0.29, 0.717) is 5.88 Å². The van der Waals surface area contributed by atoms with Crippen molar-refractivity contribution in [3.63, 3.8) is 0 Å². The highest BCUT2D eigenvalue weighted by Crippen LogP contribution is 2.48. The van der Waals surface area contributed by atoms with E-state index in [9.17, 15) is 8.78 Å². The zero-order valence-corrected chi connectivity index (χ0v) is 9.37. The SMILES string of the molecule is FC1(F)C[C@@H]1COc1ncccc1I. The molecular formula is C9H8F2INO. The van der Waals surface area contributed by atoms with E-state index in [2.05, 4.69) is 27.6 Å². The third-order valence-corrected chi connectivity index (χ3v) is 2.92. The fourth-order valence-corrected chi connectivity index (χ4v) is 1.61. The van der Waals surface area contributed by atoms with Gasteiger partial charge in [-0.2, -0.15) is 0 Å².